The molecule has 1 aromatic carbocycles. The fourth-order valence-electron chi connectivity index (χ4n) is 3.84. The molecule has 2 aromatic rings. The number of carboxylic acids is 1. The summed E-state index contributed by atoms with van der Waals surface area (Å²) in [6.45, 7) is 3.05. The van der Waals surface area contributed by atoms with Crippen LogP contribution in [0.25, 0.3) is 0 Å². The number of carboxylic acid groups (broad SMARTS) is 1. The maximum atomic E-state index is 13.4. The van der Waals surface area contributed by atoms with Gasteiger partial charge in [-0.2, -0.15) is 22.6 Å². The van der Waals surface area contributed by atoms with E-state index in [1.165, 1.54) is 24.0 Å². The Morgan fingerprint density at radius 1 is 1.32 bits per heavy atom. The van der Waals surface area contributed by atoms with Gasteiger partial charge >= 0.3 is 12.1 Å². The smallest absolute Gasteiger partial charge is 0.416 e. The molecule has 31 heavy (non-hydrogen) atoms. The van der Waals surface area contributed by atoms with Crippen LogP contribution in [0.2, 0.25) is 0 Å². The molecule has 3 rings (SSSR count). The second-order valence-corrected chi connectivity index (χ2v) is 9.97. The lowest BCUT2D eigenvalue weighted by Crippen LogP contribution is -2.33. The minimum atomic E-state index is -4.68. The zero-order chi connectivity index (χ0) is 23.1. The lowest BCUT2D eigenvalue weighted by Gasteiger charge is -2.31. The van der Waals surface area contributed by atoms with Crippen LogP contribution in [0, 0.1) is 0 Å². The largest absolute Gasteiger partial charge is 0.480 e. The third-order valence-electron chi connectivity index (χ3n) is 5.55. The van der Waals surface area contributed by atoms with E-state index in [4.69, 9.17) is 5.11 Å². The average molecular weight is 459 g/mol. The van der Waals surface area contributed by atoms with E-state index >= 15 is 0 Å². The highest BCUT2D eigenvalue weighted by Crippen LogP contribution is 2.38. The molecule has 1 heterocycles. The summed E-state index contributed by atoms with van der Waals surface area (Å²) in [5.41, 5.74) is 0.479. The number of fused-ring (bicyclic) bond motifs is 1. The molecule has 170 valence electrons. The van der Waals surface area contributed by atoms with Crippen molar-refractivity contribution >= 4 is 16.0 Å². The molecule has 0 saturated carbocycles. The maximum Gasteiger partial charge on any atom is 0.416 e. The Labute approximate surface area is 178 Å². The minimum absolute atomic E-state index is 0.278. The predicted molar refractivity (Wildman–Crippen MR) is 106 cm³/mol. The van der Waals surface area contributed by atoms with E-state index in [0.29, 0.717) is 36.6 Å². The van der Waals surface area contributed by atoms with E-state index in [2.05, 4.69) is 5.10 Å². The van der Waals surface area contributed by atoms with Gasteiger partial charge in [0.25, 0.3) is 0 Å². The summed E-state index contributed by atoms with van der Waals surface area (Å²) < 4.78 is 69.2. The van der Waals surface area contributed by atoms with Crippen LogP contribution >= 0.6 is 0 Å². The third kappa shape index (κ3) is 4.62. The van der Waals surface area contributed by atoms with Crippen molar-refractivity contribution in [3.63, 3.8) is 0 Å². The van der Waals surface area contributed by atoms with Crippen molar-refractivity contribution in [1.29, 1.82) is 0 Å². The lowest BCUT2D eigenvalue weighted by atomic mass is 9.93. The monoisotopic (exact) mass is 459 g/mol. The zero-order valence-electron chi connectivity index (χ0n) is 17.3. The summed E-state index contributed by atoms with van der Waals surface area (Å²) in [6.07, 6.45) is -1.63. The molecule has 1 aliphatic rings. The SMILES string of the molecule is CC(C)c1cc(C(F)(F)F)cc(S(=O)(=O)N(C)C2CCCc3c2cnn3CC(=O)O)c1. The molecule has 1 N–H and O–H groups in total. The summed E-state index contributed by atoms with van der Waals surface area (Å²) in [7, 11) is -2.92. The Balaban J connectivity index is 2.03. The number of alkyl halides is 3. The number of aliphatic carboxylic acids is 1. The molecule has 1 aromatic heterocycles. The van der Waals surface area contributed by atoms with Crippen LogP contribution in [0.3, 0.4) is 0 Å². The number of hydrogen-bond donors (Lipinski definition) is 1. The van der Waals surface area contributed by atoms with E-state index in [0.717, 1.165) is 10.4 Å². The van der Waals surface area contributed by atoms with Crippen molar-refractivity contribution in [3.05, 3.63) is 46.8 Å². The molecule has 0 bridgehead atoms. The van der Waals surface area contributed by atoms with Crippen molar-refractivity contribution in [2.45, 2.75) is 62.7 Å². The van der Waals surface area contributed by atoms with Gasteiger partial charge in [0.2, 0.25) is 10.0 Å². The van der Waals surface area contributed by atoms with Crippen LogP contribution in [0.1, 0.15) is 61.0 Å². The standard InChI is InChI=1S/C20H24F3N3O4S/c1-12(2)13-7-14(20(21,22)23)9-15(8-13)31(29,30)25(3)17-5-4-6-18-16(17)10-24-26(18)11-19(27)28/h7-10,12,17H,4-6,11H2,1-3H3,(H,27,28). The van der Waals surface area contributed by atoms with Crippen LogP contribution in [-0.2, 0) is 34.0 Å². The van der Waals surface area contributed by atoms with Crippen molar-refractivity contribution in [2.75, 3.05) is 7.05 Å². The van der Waals surface area contributed by atoms with E-state index in [1.807, 2.05) is 0 Å². The van der Waals surface area contributed by atoms with Gasteiger partial charge in [-0.3, -0.25) is 9.48 Å². The number of hydrogen-bond acceptors (Lipinski definition) is 4. The number of halogens is 3. The van der Waals surface area contributed by atoms with Crippen LogP contribution in [0.5, 0.6) is 0 Å². The number of aromatic nitrogens is 2. The fraction of sp³-hybridized carbons (Fsp3) is 0.500. The van der Waals surface area contributed by atoms with Crippen molar-refractivity contribution in [1.82, 2.24) is 14.1 Å². The number of nitrogens with zero attached hydrogens (tertiary/aromatic N) is 3. The van der Waals surface area contributed by atoms with Crippen LogP contribution in [0.4, 0.5) is 13.2 Å². The summed E-state index contributed by atoms with van der Waals surface area (Å²) in [4.78, 5) is 10.6. The van der Waals surface area contributed by atoms with E-state index in [1.54, 1.807) is 13.8 Å². The lowest BCUT2D eigenvalue weighted by molar-refractivity contribution is -0.138. The second kappa shape index (κ2) is 8.27. The molecule has 0 amide bonds. The molecule has 1 unspecified atom stereocenters. The van der Waals surface area contributed by atoms with Gasteiger partial charge in [-0.05, 0) is 48.9 Å². The number of rotatable bonds is 6. The maximum absolute atomic E-state index is 13.4. The highest BCUT2D eigenvalue weighted by Gasteiger charge is 2.37. The zero-order valence-corrected chi connectivity index (χ0v) is 18.2. The number of sulfonamides is 1. The fourth-order valence-corrected chi connectivity index (χ4v) is 5.29. The summed E-state index contributed by atoms with van der Waals surface area (Å²) in [5.74, 6) is -1.36. The molecular formula is C20H24F3N3O4S. The molecule has 1 aliphatic carbocycles. The summed E-state index contributed by atoms with van der Waals surface area (Å²) in [6, 6.07) is 2.27. The molecule has 0 radical (unpaired) electrons. The highest BCUT2D eigenvalue weighted by molar-refractivity contribution is 7.89. The minimum Gasteiger partial charge on any atom is -0.480 e. The molecule has 0 aliphatic heterocycles. The molecule has 0 saturated heterocycles. The van der Waals surface area contributed by atoms with Crippen LogP contribution in [-0.4, -0.2) is 40.6 Å². The van der Waals surface area contributed by atoms with Gasteiger partial charge in [0.1, 0.15) is 6.54 Å². The van der Waals surface area contributed by atoms with Gasteiger partial charge in [0.15, 0.2) is 0 Å². The van der Waals surface area contributed by atoms with Crippen molar-refractivity contribution in [2.24, 2.45) is 0 Å². The van der Waals surface area contributed by atoms with Gasteiger partial charge in [-0.1, -0.05) is 13.8 Å². The first-order valence-corrected chi connectivity index (χ1v) is 11.2. The van der Waals surface area contributed by atoms with E-state index < -0.39 is 38.7 Å². The van der Waals surface area contributed by atoms with Gasteiger partial charge in [-0.25, -0.2) is 8.42 Å². The van der Waals surface area contributed by atoms with Crippen LogP contribution in [0.15, 0.2) is 29.3 Å². The van der Waals surface area contributed by atoms with Crippen molar-refractivity contribution < 1.29 is 31.5 Å². The van der Waals surface area contributed by atoms with Crippen molar-refractivity contribution in [3.8, 4) is 0 Å². The van der Waals surface area contributed by atoms with Gasteiger partial charge in [-0.15, -0.1) is 0 Å². The molecule has 0 fully saturated rings. The Morgan fingerprint density at radius 2 is 2.00 bits per heavy atom. The quantitative estimate of drug-likeness (QED) is 0.709. The number of carbonyl (C=O) groups is 1. The summed E-state index contributed by atoms with van der Waals surface area (Å²) >= 11 is 0. The van der Waals surface area contributed by atoms with E-state index in [9.17, 15) is 26.4 Å². The third-order valence-corrected chi connectivity index (χ3v) is 7.40. The molecular weight excluding hydrogens is 435 g/mol. The topological polar surface area (TPSA) is 92.5 Å². The molecule has 7 nitrogen and oxygen atoms in total. The van der Waals surface area contributed by atoms with Gasteiger partial charge in [0, 0.05) is 18.3 Å². The van der Waals surface area contributed by atoms with Gasteiger partial charge < -0.3 is 5.11 Å². The normalized spacial score (nSPS) is 17.2. The first-order chi connectivity index (χ1) is 14.3. The molecule has 0 spiro atoms. The number of benzene rings is 1. The highest BCUT2D eigenvalue weighted by atomic mass is 32.2. The van der Waals surface area contributed by atoms with Crippen LogP contribution < -0.4 is 0 Å². The Kier molecular flexibility index (Phi) is 6.21. The average Bonchev–Trinajstić information content (AvgIpc) is 3.08. The Bertz CT molecular complexity index is 1090. The first kappa shape index (κ1) is 23.3. The molecule has 1 atom stereocenters. The predicted octanol–water partition coefficient (Wildman–Crippen LogP) is 3.81. The first-order valence-electron chi connectivity index (χ1n) is 9.79. The van der Waals surface area contributed by atoms with E-state index in [-0.39, 0.29) is 18.0 Å². The molecule has 11 heteroatoms. The Morgan fingerprint density at radius 3 is 2.58 bits per heavy atom. The Hall–Kier alpha value is -2.40. The summed E-state index contributed by atoms with van der Waals surface area (Å²) in [5, 5.41) is 13.1. The second-order valence-electron chi connectivity index (χ2n) is 7.97. The van der Waals surface area contributed by atoms with Gasteiger partial charge in [0.05, 0.1) is 22.7 Å².